The van der Waals surface area contributed by atoms with Gasteiger partial charge in [-0.2, -0.15) is 0 Å². The number of hydrogen-bond acceptors (Lipinski definition) is 2. The van der Waals surface area contributed by atoms with Gasteiger partial charge in [-0.05, 0) is 50.8 Å². The van der Waals surface area contributed by atoms with E-state index in [0.717, 1.165) is 25.2 Å². The lowest BCUT2D eigenvalue weighted by Gasteiger charge is -2.37. The Labute approximate surface area is 117 Å². The molecule has 0 spiro atoms. The normalized spacial score (nSPS) is 21.3. The number of piperidine rings is 1. The summed E-state index contributed by atoms with van der Waals surface area (Å²) in [4.78, 5) is 2.40. The molecule has 106 valence electrons. The summed E-state index contributed by atoms with van der Waals surface area (Å²) >= 11 is 0. The number of nitrogens with zero attached hydrogens (tertiary/aromatic N) is 1. The molecule has 1 aromatic carbocycles. The molecule has 2 rings (SSSR count). The van der Waals surface area contributed by atoms with E-state index in [9.17, 15) is 5.11 Å². The van der Waals surface area contributed by atoms with Crippen molar-refractivity contribution in [3.05, 3.63) is 34.9 Å². The van der Waals surface area contributed by atoms with Gasteiger partial charge in [-0.25, -0.2) is 0 Å². The van der Waals surface area contributed by atoms with Crippen LogP contribution in [0.3, 0.4) is 0 Å². The third-order valence-corrected chi connectivity index (χ3v) is 4.27. The van der Waals surface area contributed by atoms with Crippen LogP contribution in [0.5, 0.6) is 0 Å². The molecule has 19 heavy (non-hydrogen) atoms. The number of aliphatic hydroxyl groups is 1. The lowest BCUT2D eigenvalue weighted by molar-refractivity contribution is 0.0703. The SMILES string of the molecule is Cc1cc(C)cc(C(O)CN2CCC(C)(C)CC2)c1. The van der Waals surface area contributed by atoms with Gasteiger partial charge in [0.05, 0.1) is 6.10 Å². The Kier molecular flexibility index (Phi) is 4.32. The second kappa shape index (κ2) is 5.64. The van der Waals surface area contributed by atoms with Crippen LogP contribution in [0.2, 0.25) is 0 Å². The Balaban J connectivity index is 1.96. The highest BCUT2D eigenvalue weighted by Gasteiger charge is 2.26. The predicted octanol–water partition coefficient (Wildman–Crippen LogP) is 3.46. The summed E-state index contributed by atoms with van der Waals surface area (Å²) in [6, 6.07) is 6.36. The van der Waals surface area contributed by atoms with Crippen LogP contribution in [-0.2, 0) is 0 Å². The van der Waals surface area contributed by atoms with Gasteiger partial charge in [-0.1, -0.05) is 43.2 Å². The van der Waals surface area contributed by atoms with Crippen LogP contribution in [0, 0.1) is 19.3 Å². The van der Waals surface area contributed by atoms with Gasteiger partial charge in [0.2, 0.25) is 0 Å². The molecule has 1 unspecified atom stereocenters. The molecule has 1 aliphatic rings. The summed E-state index contributed by atoms with van der Waals surface area (Å²) in [5.74, 6) is 0. The first-order valence-corrected chi connectivity index (χ1v) is 7.34. The highest BCUT2D eigenvalue weighted by atomic mass is 16.3. The molecule has 1 fully saturated rings. The van der Waals surface area contributed by atoms with Crippen LogP contribution in [0.1, 0.15) is 49.5 Å². The zero-order chi connectivity index (χ0) is 14.0. The van der Waals surface area contributed by atoms with Crippen molar-refractivity contribution < 1.29 is 5.11 Å². The summed E-state index contributed by atoms with van der Waals surface area (Å²) in [5.41, 5.74) is 3.99. The lowest BCUT2D eigenvalue weighted by Crippen LogP contribution is -2.39. The van der Waals surface area contributed by atoms with Crippen LogP contribution in [0.25, 0.3) is 0 Å². The maximum absolute atomic E-state index is 10.4. The number of β-amino-alcohol motifs (C(OH)–C–C–N with tert-alkyl or cyclic N) is 1. The highest BCUT2D eigenvalue weighted by molar-refractivity contribution is 5.30. The van der Waals surface area contributed by atoms with Crippen molar-refractivity contribution in [2.24, 2.45) is 5.41 Å². The molecule has 1 aliphatic heterocycles. The second-order valence-corrected chi connectivity index (χ2v) is 6.90. The molecule has 0 radical (unpaired) electrons. The summed E-state index contributed by atoms with van der Waals surface area (Å²) in [6.07, 6.45) is 2.10. The van der Waals surface area contributed by atoms with Crippen LogP contribution >= 0.6 is 0 Å². The fourth-order valence-corrected chi connectivity index (χ4v) is 2.89. The zero-order valence-corrected chi connectivity index (χ0v) is 12.7. The molecule has 1 N–H and O–H groups in total. The van der Waals surface area contributed by atoms with Crippen LogP contribution in [-0.4, -0.2) is 29.6 Å². The van der Waals surface area contributed by atoms with Gasteiger partial charge in [0, 0.05) is 6.54 Å². The molecule has 1 atom stereocenters. The van der Waals surface area contributed by atoms with E-state index in [1.54, 1.807) is 0 Å². The molecule has 1 heterocycles. The number of benzene rings is 1. The van der Waals surface area contributed by atoms with E-state index in [4.69, 9.17) is 0 Å². The van der Waals surface area contributed by atoms with E-state index < -0.39 is 0 Å². The van der Waals surface area contributed by atoms with Crippen LogP contribution < -0.4 is 0 Å². The number of hydrogen-bond donors (Lipinski definition) is 1. The quantitative estimate of drug-likeness (QED) is 0.900. The Bertz CT molecular complexity index is 409. The molecule has 0 amide bonds. The lowest BCUT2D eigenvalue weighted by atomic mass is 9.82. The van der Waals surface area contributed by atoms with Crippen molar-refractivity contribution in [2.45, 2.75) is 46.6 Å². The summed E-state index contributed by atoms with van der Waals surface area (Å²) in [7, 11) is 0. The molecule has 2 nitrogen and oxygen atoms in total. The molecule has 0 aromatic heterocycles. The van der Waals surface area contributed by atoms with Crippen LogP contribution in [0.4, 0.5) is 0 Å². The molecule has 1 saturated heterocycles. The van der Waals surface area contributed by atoms with E-state index in [-0.39, 0.29) is 6.10 Å². The molecule has 0 aliphatic carbocycles. The molecule has 1 aromatic rings. The Morgan fingerprint density at radius 1 is 1.11 bits per heavy atom. The summed E-state index contributed by atoms with van der Waals surface area (Å²) < 4.78 is 0. The average Bonchev–Trinajstić information content (AvgIpc) is 2.30. The maximum Gasteiger partial charge on any atom is 0.0917 e. The molecular formula is C17H27NO. The maximum atomic E-state index is 10.4. The summed E-state index contributed by atoms with van der Waals surface area (Å²) in [5, 5.41) is 10.4. The van der Waals surface area contributed by atoms with E-state index in [1.807, 2.05) is 0 Å². The zero-order valence-electron chi connectivity index (χ0n) is 12.7. The van der Waals surface area contributed by atoms with Gasteiger partial charge in [0.15, 0.2) is 0 Å². The third-order valence-electron chi connectivity index (χ3n) is 4.27. The standard InChI is InChI=1S/C17H27NO/c1-13-9-14(2)11-15(10-13)16(19)12-18-7-5-17(3,4)6-8-18/h9-11,16,19H,5-8,12H2,1-4H3. The van der Waals surface area contributed by atoms with Crippen molar-refractivity contribution in [2.75, 3.05) is 19.6 Å². The minimum atomic E-state index is -0.361. The molecule has 2 heteroatoms. The van der Waals surface area contributed by atoms with Gasteiger partial charge < -0.3 is 10.0 Å². The topological polar surface area (TPSA) is 23.5 Å². The van der Waals surface area contributed by atoms with Crippen LogP contribution in [0.15, 0.2) is 18.2 Å². The van der Waals surface area contributed by atoms with Crippen molar-refractivity contribution in [3.8, 4) is 0 Å². The van der Waals surface area contributed by atoms with E-state index >= 15 is 0 Å². The first-order chi connectivity index (χ1) is 8.85. The predicted molar refractivity (Wildman–Crippen MR) is 80.3 cm³/mol. The van der Waals surface area contributed by atoms with E-state index in [0.29, 0.717) is 5.41 Å². The Morgan fingerprint density at radius 3 is 2.16 bits per heavy atom. The number of rotatable bonds is 3. The Morgan fingerprint density at radius 2 is 1.63 bits per heavy atom. The number of likely N-dealkylation sites (tertiary alicyclic amines) is 1. The van der Waals surface area contributed by atoms with Crippen molar-refractivity contribution >= 4 is 0 Å². The second-order valence-electron chi connectivity index (χ2n) is 6.90. The van der Waals surface area contributed by atoms with Gasteiger partial charge in [-0.15, -0.1) is 0 Å². The van der Waals surface area contributed by atoms with E-state index in [1.165, 1.54) is 24.0 Å². The highest BCUT2D eigenvalue weighted by Crippen LogP contribution is 2.30. The fraction of sp³-hybridized carbons (Fsp3) is 0.647. The van der Waals surface area contributed by atoms with Crippen molar-refractivity contribution in [1.29, 1.82) is 0 Å². The van der Waals surface area contributed by atoms with E-state index in [2.05, 4.69) is 50.8 Å². The third kappa shape index (κ3) is 4.05. The van der Waals surface area contributed by atoms with Crippen molar-refractivity contribution in [1.82, 2.24) is 4.90 Å². The average molecular weight is 261 g/mol. The largest absolute Gasteiger partial charge is 0.387 e. The molecule has 0 bridgehead atoms. The fourth-order valence-electron chi connectivity index (χ4n) is 2.89. The monoisotopic (exact) mass is 261 g/mol. The molecular weight excluding hydrogens is 234 g/mol. The minimum absolute atomic E-state index is 0.361. The van der Waals surface area contributed by atoms with Gasteiger partial charge >= 0.3 is 0 Å². The first kappa shape index (κ1) is 14.5. The minimum Gasteiger partial charge on any atom is -0.387 e. The van der Waals surface area contributed by atoms with Crippen molar-refractivity contribution in [3.63, 3.8) is 0 Å². The first-order valence-electron chi connectivity index (χ1n) is 7.34. The smallest absolute Gasteiger partial charge is 0.0917 e. The summed E-state index contributed by atoms with van der Waals surface area (Å²) in [6.45, 7) is 11.8. The van der Waals surface area contributed by atoms with Gasteiger partial charge in [0.1, 0.15) is 0 Å². The Hall–Kier alpha value is -0.860. The number of aliphatic hydroxyl groups excluding tert-OH is 1. The number of aryl methyl sites for hydroxylation is 2. The molecule has 0 saturated carbocycles. The van der Waals surface area contributed by atoms with Gasteiger partial charge in [-0.3, -0.25) is 0 Å². The van der Waals surface area contributed by atoms with Gasteiger partial charge in [0.25, 0.3) is 0 Å².